The SMILES string of the molecule is Cc1ccc(Nc2nn(-c3nc4ccccc4[nH]3)c3c2C(=O)CC(c2ccco2)C3)cc1Cl. The maximum Gasteiger partial charge on any atom is 0.229 e. The van der Waals surface area contributed by atoms with Crippen LogP contribution in [0.2, 0.25) is 5.02 Å². The average Bonchev–Trinajstić information content (AvgIpc) is 3.54. The molecule has 1 aliphatic rings. The van der Waals surface area contributed by atoms with Gasteiger partial charge in [-0.05, 0) is 48.9 Å². The Hall–Kier alpha value is -3.84. The van der Waals surface area contributed by atoms with E-state index in [9.17, 15) is 4.79 Å². The van der Waals surface area contributed by atoms with Crippen LogP contribution >= 0.6 is 11.6 Å². The van der Waals surface area contributed by atoms with Crippen molar-refractivity contribution in [2.75, 3.05) is 5.32 Å². The summed E-state index contributed by atoms with van der Waals surface area (Å²) in [5, 5.41) is 8.74. The first kappa shape index (κ1) is 19.8. The fraction of sp³-hybridized carbons (Fsp3) is 0.160. The van der Waals surface area contributed by atoms with Crippen LogP contribution < -0.4 is 5.32 Å². The molecule has 2 aromatic carbocycles. The summed E-state index contributed by atoms with van der Waals surface area (Å²) in [5.41, 5.74) is 4.86. The van der Waals surface area contributed by atoms with Gasteiger partial charge in [0, 0.05) is 29.5 Å². The van der Waals surface area contributed by atoms with Crippen LogP contribution in [-0.2, 0) is 6.42 Å². The highest BCUT2D eigenvalue weighted by Crippen LogP contribution is 2.38. The minimum Gasteiger partial charge on any atom is -0.469 e. The van der Waals surface area contributed by atoms with Gasteiger partial charge in [-0.2, -0.15) is 0 Å². The smallest absolute Gasteiger partial charge is 0.229 e. The molecular weight excluding hydrogens is 438 g/mol. The van der Waals surface area contributed by atoms with E-state index in [0.717, 1.165) is 33.7 Å². The first-order valence-electron chi connectivity index (χ1n) is 10.7. The predicted molar refractivity (Wildman–Crippen MR) is 127 cm³/mol. The lowest BCUT2D eigenvalue weighted by molar-refractivity contribution is 0.0960. The van der Waals surface area contributed by atoms with Crippen LogP contribution in [0, 0.1) is 6.92 Å². The lowest BCUT2D eigenvalue weighted by Gasteiger charge is -2.20. The Morgan fingerprint density at radius 2 is 2.03 bits per heavy atom. The molecule has 5 aromatic rings. The Kier molecular flexibility index (Phi) is 4.58. The van der Waals surface area contributed by atoms with Gasteiger partial charge < -0.3 is 14.7 Å². The molecule has 0 spiro atoms. The quantitative estimate of drug-likeness (QED) is 0.347. The summed E-state index contributed by atoms with van der Waals surface area (Å²) in [6, 6.07) is 17.3. The molecule has 7 nitrogen and oxygen atoms in total. The summed E-state index contributed by atoms with van der Waals surface area (Å²) in [7, 11) is 0. The molecule has 0 saturated heterocycles. The number of aromatic amines is 1. The van der Waals surface area contributed by atoms with Gasteiger partial charge in [-0.15, -0.1) is 5.10 Å². The number of nitrogens with one attached hydrogen (secondary N) is 2. The number of rotatable bonds is 4. The van der Waals surface area contributed by atoms with Gasteiger partial charge >= 0.3 is 0 Å². The number of H-pyrrole nitrogens is 1. The number of aromatic nitrogens is 4. The largest absolute Gasteiger partial charge is 0.469 e. The van der Waals surface area contributed by atoms with Crippen LogP contribution in [0.5, 0.6) is 0 Å². The second kappa shape index (κ2) is 7.64. The summed E-state index contributed by atoms with van der Waals surface area (Å²) in [6.45, 7) is 1.95. The van der Waals surface area contributed by atoms with Gasteiger partial charge in [0.1, 0.15) is 5.76 Å². The van der Waals surface area contributed by atoms with Gasteiger partial charge in [-0.3, -0.25) is 4.79 Å². The molecule has 0 bridgehead atoms. The fourth-order valence-corrected chi connectivity index (χ4v) is 4.58. The van der Waals surface area contributed by atoms with Crippen molar-refractivity contribution < 1.29 is 9.21 Å². The number of carbonyl (C=O) groups excluding carboxylic acids is 1. The Morgan fingerprint density at radius 3 is 2.82 bits per heavy atom. The molecule has 1 atom stereocenters. The third-order valence-electron chi connectivity index (χ3n) is 6.09. The minimum absolute atomic E-state index is 0.0146. The zero-order valence-corrected chi connectivity index (χ0v) is 18.6. The van der Waals surface area contributed by atoms with Gasteiger partial charge in [0.15, 0.2) is 11.6 Å². The molecule has 0 saturated carbocycles. The summed E-state index contributed by atoms with van der Waals surface area (Å²) in [4.78, 5) is 21.4. The van der Waals surface area contributed by atoms with Crippen molar-refractivity contribution >= 4 is 39.9 Å². The molecule has 0 fully saturated rings. The van der Waals surface area contributed by atoms with Crippen molar-refractivity contribution in [2.24, 2.45) is 0 Å². The van der Waals surface area contributed by atoms with Gasteiger partial charge in [-0.25, -0.2) is 9.67 Å². The van der Waals surface area contributed by atoms with E-state index in [0.29, 0.717) is 35.2 Å². The number of carbonyl (C=O) groups is 1. The number of ketones is 1. The zero-order valence-electron chi connectivity index (χ0n) is 17.8. The number of anilines is 2. The summed E-state index contributed by atoms with van der Waals surface area (Å²) in [5.74, 6) is 1.82. The Bertz CT molecular complexity index is 1470. The van der Waals surface area contributed by atoms with Crippen molar-refractivity contribution in [1.82, 2.24) is 19.7 Å². The molecule has 1 unspecified atom stereocenters. The van der Waals surface area contributed by atoms with Gasteiger partial charge in [0.2, 0.25) is 5.95 Å². The Morgan fingerprint density at radius 1 is 1.15 bits per heavy atom. The number of fused-ring (bicyclic) bond motifs is 2. The highest BCUT2D eigenvalue weighted by Gasteiger charge is 2.35. The van der Waals surface area contributed by atoms with Crippen LogP contribution in [-0.4, -0.2) is 25.5 Å². The first-order chi connectivity index (χ1) is 16.1. The third-order valence-corrected chi connectivity index (χ3v) is 6.50. The number of aryl methyl sites for hydroxylation is 1. The van der Waals surface area contributed by atoms with Crippen molar-refractivity contribution in [2.45, 2.75) is 25.7 Å². The normalized spacial score (nSPS) is 15.7. The van der Waals surface area contributed by atoms with E-state index in [1.165, 1.54) is 0 Å². The maximum atomic E-state index is 13.3. The molecule has 3 heterocycles. The van der Waals surface area contributed by atoms with Crippen molar-refractivity contribution in [1.29, 1.82) is 0 Å². The second-order valence-electron chi connectivity index (χ2n) is 8.29. The molecular formula is C25H20ClN5O2. The Balaban J connectivity index is 1.49. The summed E-state index contributed by atoms with van der Waals surface area (Å²) >= 11 is 6.32. The first-order valence-corrected chi connectivity index (χ1v) is 11.1. The number of hydrogen-bond donors (Lipinski definition) is 2. The lowest BCUT2D eigenvalue weighted by Crippen LogP contribution is -2.20. The lowest BCUT2D eigenvalue weighted by atomic mass is 9.85. The number of para-hydroxylation sites is 2. The number of Topliss-reactive ketones (excluding diaryl/α,β-unsaturated/α-hetero) is 1. The predicted octanol–water partition coefficient (Wildman–Crippen LogP) is 5.96. The minimum atomic E-state index is -0.0542. The number of nitrogens with zero attached hydrogens (tertiary/aromatic N) is 3. The van der Waals surface area contributed by atoms with E-state index < -0.39 is 0 Å². The molecule has 3 aromatic heterocycles. The van der Waals surface area contributed by atoms with Crippen molar-refractivity contribution in [3.05, 3.63) is 88.5 Å². The summed E-state index contributed by atoms with van der Waals surface area (Å²) in [6.07, 6.45) is 2.60. The van der Waals surface area contributed by atoms with E-state index in [1.807, 2.05) is 61.5 Å². The van der Waals surface area contributed by atoms with E-state index >= 15 is 0 Å². The monoisotopic (exact) mass is 457 g/mol. The van der Waals surface area contributed by atoms with E-state index in [2.05, 4.69) is 10.3 Å². The average molecular weight is 458 g/mol. The van der Waals surface area contributed by atoms with Gasteiger partial charge in [0.05, 0.1) is 28.6 Å². The van der Waals surface area contributed by atoms with Crippen LogP contribution in [0.15, 0.2) is 65.3 Å². The summed E-state index contributed by atoms with van der Waals surface area (Å²) < 4.78 is 7.36. The van der Waals surface area contributed by atoms with E-state index in [-0.39, 0.29) is 11.7 Å². The van der Waals surface area contributed by atoms with Crippen molar-refractivity contribution in [3.8, 4) is 5.95 Å². The molecule has 8 heteroatoms. The van der Waals surface area contributed by atoms with E-state index in [4.69, 9.17) is 26.1 Å². The van der Waals surface area contributed by atoms with Crippen LogP contribution in [0.25, 0.3) is 17.0 Å². The van der Waals surface area contributed by atoms with Crippen LogP contribution in [0.3, 0.4) is 0 Å². The highest BCUT2D eigenvalue weighted by molar-refractivity contribution is 6.31. The molecule has 33 heavy (non-hydrogen) atoms. The molecule has 1 aliphatic carbocycles. The van der Waals surface area contributed by atoms with Gasteiger partial charge in [0.25, 0.3) is 0 Å². The standard InChI is InChI=1S/C25H20ClN5O2/c1-14-8-9-16(13-17(14)26)27-24-23-20(11-15(12-21(23)32)22-7-4-10-33-22)31(30-24)25-28-18-5-2-3-6-19(18)29-25/h2-10,13,15H,11-12H2,1H3,(H,27,30)(H,28,29). The van der Waals surface area contributed by atoms with E-state index in [1.54, 1.807) is 10.9 Å². The number of hydrogen-bond acceptors (Lipinski definition) is 5. The second-order valence-corrected chi connectivity index (χ2v) is 8.70. The Labute approximate surface area is 194 Å². The van der Waals surface area contributed by atoms with Gasteiger partial charge in [-0.1, -0.05) is 29.8 Å². The van der Waals surface area contributed by atoms with Crippen LogP contribution in [0.1, 0.15) is 39.7 Å². The van der Waals surface area contributed by atoms with Crippen molar-refractivity contribution in [3.63, 3.8) is 0 Å². The fourth-order valence-electron chi connectivity index (χ4n) is 4.40. The topological polar surface area (TPSA) is 88.7 Å². The molecule has 0 aliphatic heterocycles. The molecule has 164 valence electrons. The number of benzene rings is 2. The highest BCUT2D eigenvalue weighted by atomic mass is 35.5. The molecule has 2 N–H and O–H groups in total. The third kappa shape index (κ3) is 3.41. The molecule has 6 rings (SSSR count). The number of imidazole rings is 1. The molecule has 0 amide bonds. The molecule has 0 radical (unpaired) electrons. The zero-order chi connectivity index (χ0) is 22.5. The number of halogens is 1. The maximum absolute atomic E-state index is 13.3. The van der Waals surface area contributed by atoms with Crippen LogP contribution in [0.4, 0.5) is 11.5 Å². The number of furan rings is 1.